The van der Waals surface area contributed by atoms with Gasteiger partial charge in [0, 0.05) is 11.8 Å². The molecule has 2 rings (SSSR count). The molecule has 0 bridgehead atoms. The van der Waals surface area contributed by atoms with Crippen molar-refractivity contribution in [1.82, 2.24) is 4.98 Å². The molecule has 0 saturated heterocycles. The minimum absolute atomic E-state index is 0.638. The van der Waals surface area contributed by atoms with Crippen molar-refractivity contribution in [3.05, 3.63) is 42.7 Å². The molecule has 98 valence electrons. The number of hydrogen-bond donors (Lipinski definition) is 0. The van der Waals surface area contributed by atoms with Crippen molar-refractivity contribution in [1.29, 1.82) is 0 Å². The van der Waals surface area contributed by atoms with Gasteiger partial charge in [-0.2, -0.15) is 0 Å². The van der Waals surface area contributed by atoms with Crippen molar-refractivity contribution < 1.29 is 4.74 Å². The number of ether oxygens (including phenoxy) is 1. The van der Waals surface area contributed by atoms with E-state index >= 15 is 0 Å². The zero-order valence-electron chi connectivity index (χ0n) is 11.9. The van der Waals surface area contributed by atoms with E-state index in [4.69, 9.17) is 4.74 Å². The summed E-state index contributed by atoms with van der Waals surface area (Å²) in [7, 11) is 1.67. The molecule has 2 aromatic rings. The van der Waals surface area contributed by atoms with Gasteiger partial charge in [0.05, 0.1) is 13.3 Å². The zero-order valence-corrected chi connectivity index (χ0v) is 11.9. The average Bonchev–Trinajstić information content (AvgIpc) is 2.49. The molecule has 0 aliphatic heterocycles. The maximum Gasteiger partial charge on any atom is 0.175 e. The molecule has 0 unspecified atom stereocenters. The lowest BCUT2D eigenvalue weighted by Crippen LogP contribution is -2.27. The fourth-order valence-corrected chi connectivity index (χ4v) is 2.42. The summed E-state index contributed by atoms with van der Waals surface area (Å²) in [4.78, 5) is 4.22. The largest absolute Gasteiger partial charge is 0.495 e. The Bertz CT molecular complexity index is 538. The number of rotatable bonds is 5. The van der Waals surface area contributed by atoms with Gasteiger partial charge in [0.2, 0.25) is 0 Å². The summed E-state index contributed by atoms with van der Waals surface area (Å²) < 4.78 is 5.23. The van der Waals surface area contributed by atoms with Gasteiger partial charge in [-0.25, -0.2) is 0 Å². The summed E-state index contributed by atoms with van der Waals surface area (Å²) in [6.07, 6.45) is 5.97. The minimum Gasteiger partial charge on any atom is -0.495 e. The van der Waals surface area contributed by atoms with Crippen LogP contribution in [-0.2, 0) is 0 Å². The number of benzene rings is 1. The molecule has 0 amide bonds. The first-order chi connectivity index (χ1) is 9.28. The van der Waals surface area contributed by atoms with Crippen molar-refractivity contribution in [2.24, 2.45) is 0 Å². The highest BCUT2D eigenvalue weighted by atomic mass is 16.5. The van der Waals surface area contributed by atoms with Gasteiger partial charge in [0.15, 0.2) is 6.71 Å². The van der Waals surface area contributed by atoms with Crippen LogP contribution in [0.1, 0.15) is 13.8 Å². The Morgan fingerprint density at radius 3 is 2.53 bits per heavy atom. The first-order valence-corrected chi connectivity index (χ1v) is 6.87. The first kappa shape index (κ1) is 13.7. The molecule has 0 spiro atoms. The summed E-state index contributed by atoms with van der Waals surface area (Å²) in [6.45, 7) is 5.13. The van der Waals surface area contributed by atoms with Crippen molar-refractivity contribution in [3.8, 4) is 16.9 Å². The monoisotopic (exact) mass is 253 g/mol. The van der Waals surface area contributed by atoms with Crippen LogP contribution in [0, 0.1) is 0 Å². The fraction of sp³-hybridized carbons (Fsp3) is 0.312. The number of aromatic nitrogens is 1. The van der Waals surface area contributed by atoms with Crippen LogP contribution < -0.4 is 10.2 Å². The molecule has 0 aliphatic rings. The van der Waals surface area contributed by atoms with E-state index in [0.717, 1.165) is 11.3 Å². The third kappa shape index (κ3) is 3.17. The maximum atomic E-state index is 5.23. The molecular weight excluding hydrogens is 233 g/mol. The van der Waals surface area contributed by atoms with Crippen LogP contribution in [0.2, 0.25) is 12.6 Å². The minimum atomic E-state index is 0.638. The van der Waals surface area contributed by atoms with Gasteiger partial charge in [-0.1, -0.05) is 56.2 Å². The zero-order chi connectivity index (χ0) is 13.7. The Morgan fingerprint density at radius 1 is 1.05 bits per heavy atom. The lowest BCUT2D eigenvalue weighted by molar-refractivity contribution is 0.413. The van der Waals surface area contributed by atoms with Crippen LogP contribution in [0.4, 0.5) is 0 Å². The molecule has 19 heavy (non-hydrogen) atoms. The second-order valence-corrected chi connectivity index (χ2v) is 4.75. The lowest BCUT2D eigenvalue weighted by Gasteiger charge is -2.11. The highest BCUT2D eigenvalue weighted by Gasteiger charge is 2.12. The first-order valence-electron chi connectivity index (χ1n) is 6.87. The van der Waals surface area contributed by atoms with E-state index in [0.29, 0.717) is 6.71 Å². The predicted octanol–water partition coefficient (Wildman–Crippen LogP) is 3.50. The van der Waals surface area contributed by atoms with E-state index in [1.807, 2.05) is 12.3 Å². The predicted molar refractivity (Wildman–Crippen MR) is 82.6 cm³/mol. The highest BCUT2D eigenvalue weighted by Crippen LogP contribution is 2.21. The van der Waals surface area contributed by atoms with Crippen LogP contribution >= 0.6 is 0 Å². The summed E-state index contributed by atoms with van der Waals surface area (Å²) in [6, 6.07) is 10.8. The molecule has 0 saturated carbocycles. The maximum absolute atomic E-state index is 5.23. The number of nitrogens with zero attached hydrogens (tertiary/aromatic N) is 1. The fourth-order valence-electron chi connectivity index (χ4n) is 2.42. The Morgan fingerprint density at radius 2 is 1.84 bits per heavy atom. The van der Waals surface area contributed by atoms with E-state index in [1.54, 1.807) is 13.3 Å². The van der Waals surface area contributed by atoms with Crippen molar-refractivity contribution in [3.63, 3.8) is 0 Å². The molecule has 0 N–H and O–H groups in total. The molecular formula is C16H20BNO. The van der Waals surface area contributed by atoms with Gasteiger partial charge < -0.3 is 4.74 Å². The summed E-state index contributed by atoms with van der Waals surface area (Å²) in [5.41, 5.74) is 3.72. The van der Waals surface area contributed by atoms with Crippen LogP contribution in [0.25, 0.3) is 11.1 Å². The van der Waals surface area contributed by atoms with Crippen LogP contribution in [0.3, 0.4) is 0 Å². The van der Waals surface area contributed by atoms with E-state index in [2.05, 4.69) is 43.1 Å². The summed E-state index contributed by atoms with van der Waals surface area (Å²) >= 11 is 0. The summed E-state index contributed by atoms with van der Waals surface area (Å²) in [5, 5.41) is 0. The second kappa shape index (κ2) is 6.42. The molecule has 0 radical (unpaired) electrons. The van der Waals surface area contributed by atoms with Gasteiger partial charge in [-0.05, 0) is 11.6 Å². The van der Waals surface area contributed by atoms with Crippen LogP contribution in [0.15, 0.2) is 42.7 Å². The number of methoxy groups -OCH3 is 1. The number of pyridine rings is 1. The quantitative estimate of drug-likeness (QED) is 0.761. The van der Waals surface area contributed by atoms with Crippen molar-refractivity contribution in [2.75, 3.05) is 7.11 Å². The van der Waals surface area contributed by atoms with Crippen molar-refractivity contribution >= 4 is 12.2 Å². The Hall–Kier alpha value is -1.77. The van der Waals surface area contributed by atoms with Gasteiger partial charge in [0.25, 0.3) is 0 Å². The molecule has 0 fully saturated rings. The topological polar surface area (TPSA) is 22.1 Å². The Kier molecular flexibility index (Phi) is 4.61. The van der Waals surface area contributed by atoms with Crippen LogP contribution in [0.5, 0.6) is 5.75 Å². The molecule has 1 heterocycles. The normalized spacial score (nSPS) is 10.3. The Labute approximate surface area is 115 Å². The molecule has 1 aromatic carbocycles. The third-order valence-electron chi connectivity index (χ3n) is 3.63. The lowest BCUT2D eigenvalue weighted by atomic mass is 9.41. The molecule has 0 atom stereocenters. The second-order valence-electron chi connectivity index (χ2n) is 4.75. The van der Waals surface area contributed by atoms with E-state index in [1.165, 1.54) is 23.7 Å². The van der Waals surface area contributed by atoms with Crippen LogP contribution in [-0.4, -0.2) is 18.8 Å². The molecule has 0 aliphatic carbocycles. The molecule has 1 aromatic heterocycles. The van der Waals surface area contributed by atoms with Gasteiger partial charge >= 0.3 is 0 Å². The highest BCUT2D eigenvalue weighted by molar-refractivity contribution is 6.73. The van der Waals surface area contributed by atoms with E-state index < -0.39 is 0 Å². The molecule has 2 nitrogen and oxygen atoms in total. The Balaban J connectivity index is 2.37. The third-order valence-corrected chi connectivity index (χ3v) is 3.63. The van der Waals surface area contributed by atoms with E-state index in [9.17, 15) is 0 Å². The van der Waals surface area contributed by atoms with Gasteiger partial charge in [-0.15, -0.1) is 0 Å². The SMILES string of the molecule is CCB(CC)c1cccc(-c2cncc(OC)c2)c1. The summed E-state index contributed by atoms with van der Waals surface area (Å²) in [5.74, 6) is 0.797. The average molecular weight is 253 g/mol. The molecule has 3 heteroatoms. The standard InChI is InChI=1S/C16H20BNO/c1-4-17(5-2)15-8-6-7-13(9-15)14-10-16(19-3)12-18-11-14/h6-12H,4-5H2,1-3H3. The smallest absolute Gasteiger partial charge is 0.175 e. The number of hydrogen-bond acceptors (Lipinski definition) is 2. The van der Waals surface area contributed by atoms with Gasteiger partial charge in [0.1, 0.15) is 5.75 Å². The van der Waals surface area contributed by atoms with Crippen molar-refractivity contribution in [2.45, 2.75) is 26.5 Å². The van der Waals surface area contributed by atoms with Gasteiger partial charge in [-0.3, -0.25) is 4.98 Å². The van der Waals surface area contributed by atoms with E-state index in [-0.39, 0.29) is 0 Å².